The van der Waals surface area contributed by atoms with Crippen LogP contribution in [-0.2, 0) is 6.54 Å². The third-order valence-electron chi connectivity index (χ3n) is 4.75. The molecule has 0 saturated heterocycles. The van der Waals surface area contributed by atoms with E-state index in [9.17, 15) is 10.1 Å². The van der Waals surface area contributed by atoms with Crippen molar-refractivity contribution in [3.05, 3.63) is 62.9 Å². The SMILES string of the molecule is CCn1c(C)cc2c(c1=O)[C@@H](c1ccc(OC)c(OC)c1)C(C#N)=C(N)O2. The van der Waals surface area contributed by atoms with Gasteiger partial charge >= 0.3 is 0 Å². The van der Waals surface area contributed by atoms with Crippen LogP contribution in [0, 0.1) is 18.3 Å². The number of nitrogens with two attached hydrogens (primary N) is 1. The van der Waals surface area contributed by atoms with Crippen LogP contribution in [0.4, 0.5) is 0 Å². The van der Waals surface area contributed by atoms with Gasteiger partial charge in [0.2, 0.25) is 5.88 Å². The van der Waals surface area contributed by atoms with Gasteiger partial charge in [0.15, 0.2) is 11.5 Å². The van der Waals surface area contributed by atoms with E-state index in [-0.39, 0.29) is 17.0 Å². The van der Waals surface area contributed by atoms with Crippen LogP contribution in [0.15, 0.2) is 40.5 Å². The predicted octanol–water partition coefficient (Wildman–Crippen LogP) is 2.41. The fourth-order valence-corrected chi connectivity index (χ4v) is 3.44. The highest BCUT2D eigenvalue weighted by Gasteiger charge is 2.34. The molecule has 0 radical (unpaired) electrons. The van der Waals surface area contributed by atoms with Gasteiger partial charge in [-0.15, -0.1) is 0 Å². The van der Waals surface area contributed by atoms with Crippen molar-refractivity contribution in [2.24, 2.45) is 5.73 Å². The fourth-order valence-electron chi connectivity index (χ4n) is 3.44. The molecule has 2 heterocycles. The van der Waals surface area contributed by atoms with Gasteiger partial charge in [-0.2, -0.15) is 5.26 Å². The highest BCUT2D eigenvalue weighted by Crippen LogP contribution is 2.42. The number of methoxy groups -OCH3 is 2. The number of nitrogens with zero attached hydrogens (tertiary/aromatic N) is 2. The number of fused-ring (bicyclic) bond motifs is 1. The molecular weight excluding hydrogens is 346 g/mol. The number of nitriles is 1. The second kappa shape index (κ2) is 7.08. The Labute approximate surface area is 157 Å². The summed E-state index contributed by atoms with van der Waals surface area (Å²) in [6, 6.07) is 9.15. The molecule has 0 aliphatic carbocycles. The minimum Gasteiger partial charge on any atom is -0.493 e. The molecule has 1 atom stereocenters. The van der Waals surface area contributed by atoms with E-state index in [1.165, 1.54) is 7.11 Å². The van der Waals surface area contributed by atoms with Crippen LogP contribution in [0.5, 0.6) is 17.2 Å². The average Bonchev–Trinajstić information content (AvgIpc) is 2.66. The molecule has 0 amide bonds. The standard InChI is InChI=1S/C20H21N3O4/c1-5-23-11(2)8-16-18(20(23)24)17(13(10-21)19(22)27-16)12-6-7-14(25-3)15(9-12)26-4/h6-9,17H,5,22H2,1-4H3/t17-/m0/s1. The first-order valence-electron chi connectivity index (χ1n) is 8.50. The molecule has 1 aromatic heterocycles. The predicted molar refractivity (Wildman–Crippen MR) is 100.0 cm³/mol. The molecule has 0 unspecified atom stereocenters. The Hall–Kier alpha value is -3.40. The van der Waals surface area contributed by atoms with Crippen molar-refractivity contribution in [3.63, 3.8) is 0 Å². The Morgan fingerprint density at radius 2 is 1.96 bits per heavy atom. The molecule has 140 valence electrons. The zero-order valence-corrected chi connectivity index (χ0v) is 15.7. The molecular formula is C20H21N3O4. The first-order chi connectivity index (χ1) is 13.0. The van der Waals surface area contributed by atoms with Crippen LogP contribution in [0.25, 0.3) is 0 Å². The Morgan fingerprint density at radius 3 is 2.56 bits per heavy atom. The van der Waals surface area contributed by atoms with E-state index < -0.39 is 5.92 Å². The normalized spacial score (nSPS) is 15.6. The molecule has 0 bridgehead atoms. The number of hydrogen-bond donors (Lipinski definition) is 1. The zero-order chi connectivity index (χ0) is 19.7. The van der Waals surface area contributed by atoms with E-state index in [1.54, 1.807) is 35.9 Å². The number of aryl methyl sites for hydroxylation is 1. The van der Waals surface area contributed by atoms with Crippen LogP contribution in [0.2, 0.25) is 0 Å². The third-order valence-corrected chi connectivity index (χ3v) is 4.75. The molecule has 27 heavy (non-hydrogen) atoms. The van der Waals surface area contributed by atoms with Gasteiger partial charge in [-0.3, -0.25) is 4.79 Å². The molecule has 1 aromatic carbocycles. The van der Waals surface area contributed by atoms with E-state index >= 15 is 0 Å². The molecule has 2 N–H and O–H groups in total. The maximum absolute atomic E-state index is 13.1. The van der Waals surface area contributed by atoms with Gasteiger partial charge in [0.05, 0.1) is 25.7 Å². The van der Waals surface area contributed by atoms with Gasteiger partial charge in [-0.05, 0) is 31.5 Å². The van der Waals surface area contributed by atoms with Gasteiger partial charge in [-0.1, -0.05) is 6.07 Å². The molecule has 7 nitrogen and oxygen atoms in total. The summed E-state index contributed by atoms with van der Waals surface area (Å²) in [4.78, 5) is 13.1. The number of aromatic nitrogens is 1. The monoisotopic (exact) mass is 367 g/mol. The van der Waals surface area contributed by atoms with Gasteiger partial charge in [0.25, 0.3) is 5.56 Å². The molecule has 0 fully saturated rings. The second-order valence-electron chi connectivity index (χ2n) is 6.15. The molecule has 0 spiro atoms. The summed E-state index contributed by atoms with van der Waals surface area (Å²) in [5, 5.41) is 9.69. The smallest absolute Gasteiger partial charge is 0.258 e. The highest BCUT2D eigenvalue weighted by atomic mass is 16.5. The van der Waals surface area contributed by atoms with Gasteiger partial charge in [0, 0.05) is 18.3 Å². The lowest BCUT2D eigenvalue weighted by atomic mass is 9.84. The van der Waals surface area contributed by atoms with Crippen molar-refractivity contribution >= 4 is 0 Å². The molecule has 2 aromatic rings. The minimum atomic E-state index is -0.649. The van der Waals surface area contributed by atoms with Gasteiger partial charge in [-0.25, -0.2) is 0 Å². The molecule has 1 aliphatic rings. The average molecular weight is 367 g/mol. The van der Waals surface area contributed by atoms with Crippen molar-refractivity contribution in [2.45, 2.75) is 26.3 Å². The quantitative estimate of drug-likeness (QED) is 0.891. The molecule has 3 rings (SSSR count). The van der Waals surface area contributed by atoms with Crippen molar-refractivity contribution in [1.82, 2.24) is 4.57 Å². The minimum absolute atomic E-state index is 0.00201. The van der Waals surface area contributed by atoms with Crippen LogP contribution in [0.1, 0.15) is 29.7 Å². The molecule has 7 heteroatoms. The van der Waals surface area contributed by atoms with E-state index in [4.69, 9.17) is 19.9 Å². The highest BCUT2D eigenvalue weighted by molar-refractivity contribution is 5.57. The lowest BCUT2D eigenvalue weighted by molar-refractivity contribution is 0.354. The van der Waals surface area contributed by atoms with E-state index in [1.807, 2.05) is 13.8 Å². The lowest BCUT2D eigenvalue weighted by Crippen LogP contribution is -2.32. The number of benzene rings is 1. The Balaban J connectivity index is 2.32. The maximum Gasteiger partial charge on any atom is 0.258 e. The molecule has 1 aliphatic heterocycles. The lowest BCUT2D eigenvalue weighted by Gasteiger charge is -2.27. The van der Waals surface area contributed by atoms with Crippen molar-refractivity contribution < 1.29 is 14.2 Å². The largest absolute Gasteiger partial charge is 0.493 e. The number of rotatable bonds is 4. The second-order valence-corrected chi connectivity index (χ2v) is 6.15. The van der Waals surface area contributed by atoms with E-state index in [0.29, 0.717) is 34.9 Å². The van der Waals surface area contributed by atoms with Crippen molar-refractivity contribution in [2.75, 3.05) is 14.2 Å². The summed E-state index contributed by atoms with van der Waals surface area (Å²) in [5.41, 5.74) is 7.84. The number of ether oxygens (including phenoxy) is 3. The summed E-state index contributed by atoms with van der Waals surface area (Å²) in [6.07, 6.45) is 0. The zero-order valence-electron chi connectivity index (χ0n) is 15.7. The number of allylic oxidation sites excluding steroid dienone is 1. The third kappa shape index (κ3) is 2.89. The number of pyridine rings is 1. The topological polar surface area (TPSA) is 99.5 Å². The van der Waals surface area contributed by atoms with Gasteiger partial charge in [0.1, 0.15) is 17.4 Å². The van der Waals surface area contributed by atoms with Crippen molar-refractivity contribution in [1.29, 1.82) is 5.26 Å². The summed E-state index contributed by atoms with van der Waals surface area (Å²) in [7, 11) is 3.07. The van der Waals surface area contributed by atoms with Crippen LogP contribution < -0.4 is 25.5 Å². The summed E-state index contributed by atoms with van der Waals surface area (Å²) in [6.45, 7) is 4.24. The fraction of sp³-hybridized carbons (Fsp3) is 0.300. The van der Waals surface area contributed by atoms with Crippen LogP contribution >= 0.6 is 0 Å². The summed E-state index contributed by atoms with van der Waals surface area (Å²) >= 11 is 0. The Kier molecular flexibility index (Phi) is 4.82. The number of hydrogen-bond acceptors (Lipinski definition) is 6. The van der Waals surface area contributed by atoms with Crippen LogP contribution in [0.3, 0.4) is 0 Å². The first kappa shape index (κ1) is 18.4. The summed E-state index contributed by atoms with van der Waals surface area (Å²) in [5.74, 6) is 0.779. The van der Waals surface area contributed by atoms with Gasteiger partial charge < -0.3 is 24.5 Å². The molecule has 0 saturated carbocycles. The maximum atomic E-state index is 13.1. The Bertz CT molecular complexity index is 1030. The van der Waals surface area contributed by atoms with E-state index in [0.717, 1.165) is 5.69 Å². The summed E-state index contributed by atoms with van der Waals surface area (Å²) < 4.78 is 17.9. The van der Waals surface area contributed by atoms with Crippen molar-refractivity contribution in [3.8, 4) is 23.3 Å². The van der Waals surface area contributed by atoms with E-state index in [2.05, 4.69) is 6.07 Å². The van der Waals surface area contributed by atoms with Crippen LogP contribution in [-0.4, -0.2) is 18.8 Å². The Morgan fingerprint density at radius 1 is 1.26 bits per heavy atom. The first-order valence-corrected chi connectivity index (χ1v) is 8.50.